The molecule has 2 heterocycles. The molecule has 1 aromatic carbocycles. The van der Waals surface area contributed by atoms with E-state index in [1.807, 2.05) is 0 Å². The summed E-state index contributed by atoms with van der Waals surface area (Å²) in [6.45, 7) is 1.49. The number of nitrogens with zero attached hydrogens (tertiary/aromatic N) is 4. The maximum Gasteiger partial charge on any atom is 0.445 e. The van der Waals surface area contributed by atoms with Crippen molar-refractivity contribution in [3.63, 3.8) is 0 Å². The molecule has 0 unspecified atom stereocenters. The van der Waals surface area contributed by atoms with Gasteiger partial charge in [-0.3, -0.25) is 4.79 Å². The highest BCUT2D eigenvalue weighted by atomic mass is 79.9. The summed E-state index contributed by atoms with van der Waals surface area (Å²) in [6.07, 6.45) is -4.49. The van der Waals surface area contributed by atoms with Crippen LogP contribution in [0, 0.1) is 0 Å². The Morgan fingerprint density at radius 2 is 1.88 bits per heavy atom. The summed E-state index contributed by atoms with van der Waals surface area (Å²) in [5.74, 6) is -0.209. The molecule has 0 N–H and O–H groups in total. The number of piperazine rings is 1. The molecule has 2 aromatic rings. The highest BCUT2D eigenvalue weighted by Gasteiger charge is 2.36. The van der Waals surface area contributed by atoms with E-state index in [1.54, 1.807) is 28.0 Å². The molecule has 1 aliphatic heterocycles. The zero-order valence-corrected chi connectivity index (χ0v) is 15.7. The molecule has 1 aliphatic rings. The molecule has 5 nitrogen and oxygen atoms in total. The van der Waals surface area contributed by atoms with Gasteiger partial charge in [0.25, 0.3) is 5.91 Å². The number of alkyl halides is 3. The molecule has 1 aromatic heterocycles. The van der Waals surface area contributed by atoms with Crippen molar-refractivity contribution in [2.75, 3.05) is 31.1 Å². The predicted octanol–water partition coefficient (Wildman–Crippen LogP) is 3.94. The van der Waals surface area contributed by atoms with Crippen molar-refractivity contribution in [3.05, 3.63) is 38.3 Å². The molecule has 1 fully saturated rings. The monoisotopic (exact) mass is 454 g/mol. The molecule has 0 aliphatic carbocycles. The van der Waals surface area contributed by atoms with Crippen molar-refractivity contribution in [2.45, 2.75) is 6.18 Å². The van der Waals surface area contributed by atoms with Gasteiger partial charge in [0.1, 0.15) is 0 Å². The second-order valence-corrected chi connectivity index (χ2v) is 7.57. The number of carbonyl (C=O) groups is 1. The Kier molecular flexibility index (Phi) is 5.21. The number of carbonyl (C=O) groups excluding carboxylic acids is 1. The van der Waals surface area contributed by atoms with Crippen LogP contribution >= 0.6 is 38.9 Å². The van der Waals surface area contributed by atoms with Crippen molar-refractivity contribution in [1.82, 2.24) is 15.1 Å². The fourth-order valence-corrected chi connectivity index (χ4v) is 3.71. The number of hydrogen-bond acceptors (Lipinski definition) is 5. The van der Waals surface area contributed by atoms with Crippen LogP contribution in [0.1, 0.15) is 15.4 Å². The summed E-state index contributed by atoms with van der Waals surface area (Å²) in [4.78, 5) is 15.9. The van der Waals surface area contributed by atoms with Gasteiger partial charge in [-0.2, -0.15) is 13.2 Å². The largest absolute Gasteiger partial charge is 0.445 e. The number of halogens is 5. The first-order valence-electron chi connectivity index (χ1n) is 7.15. The molecular weight excluding hydrogens is 445 g/mol. The van der Waals surface area contributed by atoms with Crippen LogP contribution in [-0.2, 0) is 6.18 Å². The Morgan fingerprint density at radius 3 is 2.48 bits per heavy atom. The Hall–Kier alpha value is -1.39. The van der Waals surface area contributed by atoms with E-state index < -0.39 is 11.2 Å². The average molecular weight is 456 g/mol. The van der Waals surface area contributed by atoms with Crippen LogP contribution in [0.25, 0.3) is 0 Å². The first-order valence-corrected chi connectivity index (χ1v) is 9.14. The molecule has 0 radical (unpaired) electrons. The average Bonchev–Trinajstić information content (AvgIpc) is 3.07. The maximum absolute atomic E-state index is 12.6. The van der Waals surface area contributed by atoms with Gasteiger partial charge in [-0.05, 0) is 18.2 Å². The standard InChI is InChI=1S/C14H11BrClF3N4OS/c15-8-1-2-10(16)9(7-8)11(24)22-3-5-23(6-4-22)13-21-20-12(25-13)14(17,18)19/h1-2,7H,3-6H2. The smallest absolute Gasteiger partial charge is 0.343 e. The topological polar surface area (TPSA) is 49.3 Å². The van der Waals surface area contributed by atoms with E-state index in [-0.39, 0.29) is 11.0 Å². The lowest BCUT2D eigenvalue weighted by molar-refractivity contribution is -0.138. The van der Waals surface area contributed by atoms with Crippen molar-refractivity contribution in [2.24, 2.45) is 0 Å². The van der Waals surface area contributed by atoms with Crippen molar-refractivity contribution < 1.29 is 18.0 Å². The van der Waals surface area contributed by atoms with Gasteiger partial charge in [0, 0.05) is 30.7 Å². The van der Waals surface area contributed by atoms with Gasteiger partial charge in [-0.25, -0.2) is 0 Å². The van der Waals surface area contributed by atoms with Gasteiger partial charge in [0.05, 0.1) is 10.6 Å². The molecule has 0 spiro atoms. The number of rotatable bonds is 2. The summed E-state index contributed by atoms with van der Waals surface area (Å²) in [7, 11) is 0. The van der Waals surface area contributed by atoms with E-state index >= 15 is 0 Å². The molecule has 25 heavy (non-hydrogen) atoms. The van der Waals surface area contributed by atoms with Gasteiger partial charge in [-0.1, -0.05) is 38.9 Å². The van der Waals surface area contributed by atoms with Gasteiger partial charge in [0.2, 0.25) is 10.1 Å². The zero-order valence-electron chi connectivity index (χ0n) is 12.6. The fourth-order valence-electron chi connectivity index (χ4n) is 2.39. The van der Waals surface area contributed by atoms with Crippen LogP contribution in [0.4, 0.5) is 18.3 Å². The second-order valence-electron chi connectivity index (χ2n) is 5.29. The number of anilines is 1. The van der Waals surface area contributed by atoms with Crippen LogP contribution in [-0.4, -0.2) is 47.2 Å². The molecule has 1 amide bonds. The van der Waals surface area contributed by atoms with Gasteiger partial charge in [-0.15, -0.1) is 10.2 Å². The lowest BCUT2D eigenvalue weighted by atomic mass is 10.2. The van der Waals surface area contributed by atoms with Crippen molar-refractivity contribution in [1.29, 1.82) is 0 Å². The molecular formula is C14H11BrClF3N4OS. The third-order valence-corrected chi connectivity index (χ3v) is 5.50. The molecule has 1 saturated heterocycles. The number of hydrogen-bond donors (Lipinski definition) is 0. The summed E-state index contributed by atoms with van der Waals surface area (Å²) in [5.41, 5.74) is 0.389. The van der Waals surface area contributed by atoms with E-state index in [4.69, 9.17) is 11.6 Å². The fraction of sp³-hybridized carbons (Fsp3) is 0.357. The Labute approximate surface area is 158 Å². The second kappa shape index (κ2) is 7.08. The van der Waals surface area contributed by atoms with Crippen LogP contribution < -0.4 is 4.90 Å². The Balaban J connectivity index is 1.66. The quantitative estimate of drug-likeness (QED) is 0.688. The predicted molar refractivity (Wildman–Crippen MR) is 92.2 cm³/mol. The molecule has 3 rings (SSSR count). The molecule has 134 valence electrons. The maximum atomic E-state index is 12.6. The molecule has 11 heteroatoms. The third kappa shape index (κ3) is 4.06. The SMILES string of the molecule is O=C(c1cc(Br)ccc1Cl)N1CCN(c2nnc(C(F)(F)F)s2)CC1. The third-order valence-electron chi connectivity index (χ3n) is 3.65. The van der Waals surface area contributed by atoms with Gasteiger partial charge >= 0.3 is 6.18 Å². The normalized spacial score (nSPS) is 15.6. The number of aromatic nitrogens is 2. The van der Waals surface area contributed by atoms with E-state index in [9.17, 15) is 18.0 Å². The highest BCUT2D eigenvalue weighted by Crippen LogP contribution is 2.34. The summed E-state index contributed by atoms with van der Waals surface area (Å²) < 4.78 is 38.6. The lowest BCUT2D eigenvalue weighted by Crippen LogP contribution is -2.48. The van der Waals surface area contributed by atoms with E-state index in [1.165, 1.54) is 0 Å². The molecule has 0 atom stereocenters. The summed E-state index contributed by atoms with van der Waals surface area (Å²) in [5, 5.41) is 6.38. The van der Waals surface area contributed by atoms with Crippen LogP contribution in [0.2, 0.25) is 5.02 Å². The van der Waals surface area contributed by atoms with Gasteiger partial charge < -0.3 is 9.80 Å². The van der Waals surface area contributed by atoms with Gasteiger partial charge in [0.15, 0.2) is 0 Å². The van der Waals surface area contributed by atoms with E-state index in [2.05, 4.69) is 26.1 Å². The summed E-state index contributed by atoms with van der Waals surface area (Å²) in [6, 6.07) is 5.02. The first-order chi connectivity index (χ1) is 11.8. The van der Waals surface area contributed by atoms with Crippen molar-refractivity contribution >= 4 is 49.9 Å². The minimum absolute atomic E-state index is 0.208. The minimum Gasteiger partial charge on any atom is -0.343 e. The van der Waals surface area contributed by atoms with Crippen LogP contribution in [0.15, 0.2) is 22.7 Å². The first kappa shape index (κ1) is 18.4. The van der Waals surface area contributed by atoms with Crippen LogP contribution in [0.3, 0.4) is 0 Å². The molecule has 0 saturated carbocycles. The minimum atomic E-state index is -4.49. The van der Waals surface area contributed by atoms with Crippen molar-refractivity contribution in [3.8, 4) is 0 Å². The Bertz CT molecular complexity index is 793. The highest BCUT2D eigenvalue weighted by molar-refractivity contribution is 9.10. The Morgan fingerprint density at radius 1 is 1.20 bits per heavy atom. The molecule has 0 bridgehead atoms. The zero-order chi connectivity index (χ0) is 18.2. The number of amides is 1. The van der Waals surface area contributed by atoms with Crippen LogP contribution in [0.5, 0.6) is 0 Å². The summed E-state index contributed by atoms with van der Waals surface area (Å²) >= 11 is 9.89. The van der Waals surface area contributed by atoms with E-state index in [0.717, 1.165) is 4.47 Å². The van der Waals surface area contributed by atoms with E-state index in [0.29, 0.717) is 48.1 Å². The number of benzene rings is 1. The lowest BCUT2D eigenvalue weighted by Gasteiger charge is -2.34.